The van der Waals surface area contributed by atoms with Crippen LogP contribution in [0.4, 0.5) is 4.79 Å². The number of ketones is 1. The zero-order chi connectivity index (χ0) is 17.0. The Morgan fingerprint density at radius 1 is 1.22 bits per heavy atom. The Hall–Kier alpha value is -1.10. The third-order valence-electron chi connectivity index (χ3n) is 5.28. The smallest absolute Gasteiger partial charge is 0.409 e. The summed E-state index contributed by atoms with van der Waals surface area (Å²) in [5.74, 6) is 0.569. The van der Waals surface area contributed by atoms with E-state index in [9.17, 15) is 14.7 Å². The average molecular weight is 325 g/mol. The molecule has 1 aliphatic carbocycles. The second kappa shape index (κ2) is 7.65. The molecule has 1 aliphatic heterocycles. The second-order valence-corrected chi connectivity index (χ2v) is 7.51. The standard InChI is InChI=1S/C18H31NO4/c1-4-5-11-15(20)16-14(12-13-9-7-6-8-10-13)19(17(21)22)18(2,3)23-16/h13-14,16H,4-12H2,1-3H3,(H,21,22)/t14-,16?/m0/s1. The molecule has 5 heteroatoms. The Morgan fingerprint density at radius 3 is 2.43 bits per heavy atom. The maximum atomic E-state index is 12.6. The normalized spacial score (nSPS) is 28.0. The highest BCUT2D eigenvalue weighted by Gasteiger charge is 2.52. The van der Waals surface area contributed by atoms with E-state index in [0.29, 0.717) is 12.3 Å². The highest BCUT2D eigenvalue weighted by molar-refractivity contribution is 5.85. The first-order chi connectivity index (χ1) is 10.9. The zero-order valence-electron chi connectivity index (χ0n) is 14.7. The minimum atomic E-state index is -0.985. The first kappa shape index (κ1) is 18.2. The number of carbonyl (C=O) groups is 2. The third kappa shape index (κ3) is 4.25. The number of carbonyl (C=O) groups excluding carboxylic acids is 1. The maximum Gasteiger partial charge on any atom is 0.409 e. The van der Waals surface area contributed by atoms with Gasteiger partial charge in [0.15, 0.2) is 5.78 Å². The van der Waals surface area contributed by atoms with E-state index >= 15 is 0 Å². The summed E-state index contributed by atoms with van der Waals surface area (Å²) in [7, 11) is 0. The van der Waals surface area contributed by atoms with E-state index < -0.39 is 17.9 Å². The molecular weight excluding hydrogens is 294 g/mol. The van der Waals surface area contributed by atoms with Gasteiger partial charge in [0.05, 0.1) is 6.04 Å². The van der Waals surface area contributed by atoms with Gasteiger partial charge >= 0.3 is 6.09 Å². The Labute approximate surface area is 139 Å². The fourth-order valence-electron chi connectivity index (χ4n) is 4.12. The number of amides is 1. The lowest BCUT2D eigenvalue weighted by Crippen LogP contribution is -2.49. The fourth-order valence-corrected chi connectivity index (χ4v) is 4.12. The van der Waals surface area contributed by atoms with Crippen LogP contribution in [-0.2, 0) is 9.53 Å². The Bertz CT molecular complexity index is 429. The molecule has 2 atom stereocenters. The third-order valence-corrected chi connectivity index (χ3v) is 5.28. The number of nitrogens with zero attached hydrogens (tertiary/aromatic N) is 1. The summed E-state index contributed by atoms with van der Waals surface area (Å²) < 4.78 is 5.93. The maximum absolute atomic E-state index is 12.6. The summed E-state index contributed by atoms with van der Waals surface area (Å²) in [6, 6.07) is -0.338. The number of hydrogen-bond donors (Lipinski definition) is 1. The van der Waals surface area contributed by atoms with Gasteiger partial charge in [0.1, 0.15) is 11.8 Å². The number of ether oxygens (including phenoxy) is 1. The monoisotopic (exact) mass is 325 g/mol. The average Bonchev–Trinajstić information content (AvgIpc) is 2.76. The van der Waals surface area contributed by atoms with E-state index in [1.807, 2.05) is 0 Å². The van der Waals surface area contributed by atoms with Crippen LogP contribution in [0.3, 0.4) is 0 Å². The molecule has 1 N–H and O–H groups in total. The van der Waals surface area contributed by atoms with Crippen molar-refractivity contribution in [2.75, 3.05) is 0 Å². The van der Waals surface area contributed by atoms with Crippen LogP contribution >= 0.6 is 0 Å². The quantitative estimate of drug-likeness (QED) is 0.795. The first-order valence-corrected chi connectivity index (χ1v) is 9.09. The van der Waals surface area contributed by atoms with Gasteiger partial charge in [-0.15, -0.1) is 0 Å². The summed E-state index contributed by atoms with van der Waals surface area (Å²) in [6.45, 7) is 5.56. The second-order valence-electron chi connectivity index (χ2n) is 7.51. The van der Waals surface area contributed by atoms with Crippen LogP contribution in [-0.4, -0.2) is 39.8 Å². The molecule has 2 aliphatic rings. The van der Waals surface area contributed by atoms with Crippen LogP contribution in [0.2, 0.25) is 0 Å². The summed E-state index contributed by atoms with van der Waals surface area (Å²) >= 11 is 0. The lowest BCUT2D eigenvalue weighted by atomic mass is 9.82. The number of rotatable bonds is 6. The van der Waals surface area contributed by atoms with E-state index in [-0.39, 0.29) is 11.8 Å². The van der Waals surface area contributed by atoms with E-state index in [1.165, 1.54) is 24.2 Å². The van der Waals surface area contributed by atoms with Crippen LogP contribution in [0.25, 0.3) is 0 Å². The molecule has 23 heavy (non-hydrogen) atoms. The van der Waals surface area contributed by atoms with Crippen molar-refractivity contribution in [2.45, 2.75) is 96.4 Å². The van der Waals surface area contributed by atoms with Gasteiger partial charge in [-0.2, -0.15) is 0 Å². The van der Waals surface area contributed by atoms with Gasteiger partial charge in [0.2, 0.25) is 0 Å². The van der Waals surface area contributed by atoms with Gasteiger partial charge in [-0.3, -0.25) is 9.69 Å². The summed E-state index contributed by atoms with van der Waals surface area (Å²) in [4.78, 5) is 25.7. The molecule has 0 aromatic heterocycles. The largest absolute Gasteiger partial charge is 0.465 e. The highest BCUT2D eigenvalue weighted by Crippen LogP contribution is 2.39. The fraction of sp³-hybridized carbons (Fsp3) is 0.889. The molecule has 0 aromatic carbocycles. The van der Waals surface area contributed by atoms with Crippen LogP contribution in [0, 0.1) is 5.92 Å². The molecule has 2 rings (SSSR count). The van der Waals surface area contributed by atoms with Crippen LogP contribution in [0.5, 0.6) is 0 Å². The van der Waals surface area contributed by atoms with Crippen molar-refractivity contribution in [1.29, 1.82) is 0 Å². The molecule has 0 aromatic rings. The highest BCUT2D eigenvalue weighted by atomic mass is 16.6. The van der Waals surface area contributed by atoms with Gasteiger partial charge < -0.3 is 9.84 Å². The topological polar surface area (TPSA) is 66.8 Å². The van der Waals surface area contributed by atoms with E-state index in [2.05, 4.69) is 6.92 Å². The minimum absolute atomic E-state index is 0.0597. The molecular formula is C18H31NO4. The molecule has 1 amide bonds. The lowest BCUT2D eigenvalue weighted by Gasteiger charge is -2.33. The Morgan fingerprint density at radius 2 is 1.87 bits per heavy atom. The number of unbranched alkanes of at least 4 members (excludes halogenated alkanes) is 1. The van der Waals surface area contributed by atoms with Crippen LogP contribution < -0.4 is 0 Å². The predicted octanol–water partition coefficient (Wildman–Crippen LogP) is 4.20. The number of carboxylic acid groups (broad SMARTS) is 1. The van der Waals surface area contributed by atoms with Gasteiger partial charge in [-0.05, 0) is 32.6 Å². The van der Waals surface area contributed by atoms with Crippen molar-refractivity contribution in [1.82, 2.24) is 4.90 Å². The van der Waals surface area contributed by atoms with Gasteiger partial charge in [-0.1, -0.05) is 45.4 Å². The summed E-state index contributed by atoms with van der Waals surface area (Å²) in [5, 5.41) is 9.66. The zero-order valence-corrected chi connectivity index (χ0v) is 14.7. The Balaban J connectivity index is 2.16. The molecule has 1 saturated carbocycles. The van der Waals surface area contributed by atoms with E-state index in [1.54, 1.807) is 13.8 Å². The summed E-state index contributed by atoms with van der Waals surface area (Å²) in [5.41, 5.74) is -0.933. The van der Waals surface area contributed by atoms with E-state index in [0.717, 1.165) is 32.1 Å². The predicted molar refractivity (Wildman–Crippen MR) is 88.3 cm³/mol. The van der Waals surface area contributed by atoms with Crippen molar-refractivity contribution in [3.05, 3.63) is 0 Å². The van der Waals surface area contributed by atoms with Crippen molar-refractivity contribution in [3.8, 4) is 0 Å². The van der Waals surface area contributed by atoms with Crippen molar-refractivity contribution in [2.24, 2.45) is 5.92 Å². The molecule has 0 radical (unpaired) electrons. The number of hydrogen-bond acceptors (Lipinski definition) is 3. The minimum Gasteiger partial charge on any atom is -0.465 e. The molecule has 1 heterocycles. The Kier molecular flexibility index (Phi) is 6.06. The SMILES string of the molecule is CCCCC(=O)C1OC(C)(C)N(C(=O)O)[C@H]1CC1CCCCC1. The van der Waals surface area contributed by atoms with Crippen molar-refractivity contribution in [3.63, 3.8) is 0 Å². The van der Waals surface area contributed by atoms with Gasteiger partial charge in [0.25, 0.3) is 0 Å². The van der Waals surface area contributed by atoms with Crippen molar-refractivity contribution >= 4 is 11.9 Å². The molecule has 5 nitrogen and oxygen atoms in total. The molecule has 1 unspecified atom stereocenters. The molecule has 1 saturated heterocycles. The van der Waals surface area contributed by atoms with Crippen LogP contribution in [0.1, 0.15) is 78.6 Å². The summed E-state index contributed by atoms with van der Waals surface area (Å²) in [6.07, 6.45) is 7.40. The molecule has 0 spiro atoms. The molecule has 132 valence electrons. The van der Waals surface area contributed by atoms with Gasteiger partial charge in [0, 0.05) is 6.42 Å². The first-order valence-electron chi connectivity index (χ1n) is 9.09. The van der Waals surface area contributed by atoms with Crippen molar-refractivity contribution < 1.29 is 19.4 Å². The lowest BCUT2D eigenvalue weighted by molar-refractivity contribution is -0.136. The molecule has 0 bridgehead atoms. The molecule has 2 fully saturated rings. The van der Waals surface area contributed by atoms with E-state index in [4.69, 9.17) is 4.74 Å². The van der Waals surface area contributed by atoms with Crippen LogP contribution in [0.15, 0.2) is 0 Å². The van der Waals surface area contributed by atoms with Gasteiger partial charge in [-0.25, -0.2) is 4.79 Å². The number of Topliss-reactive ketones (excluding diaryl/α,β-unsaturated/α-hetero) is 1.